The van der Waals surface area contributed by atoms with Gasteiger partial charge in [0.2, 0.25) is 11.9 Å². The maximum atomic E-state index is 13.1. The lowest BCUT2D eigenvalue weighted by Crippen LogP contribution is -2.35. The standard InChI is InChI=1S/C19H23F3N6OS/c1-10(11-7-8-11)23-17-26-15(12-4-2-6-14(24-12)19(20,21)22)27-18(28-17)25-13-5-3-9-30-16(13)29/h2,4,6,10-11,13,16,29H,3,5,7-9H2,1H3,(H2,23,25,26,27,28)/t10-,13+,16+/m1/s1. The Morgan fingerprint density at radius 3 is 2.57 bits per heavy atom. The number of halogens is 3. The van der Waals surface area contributed by atoms with Crippen LogP contribution in [0.1, 0.15) is 38.3 Å². The Morgan fingerprint density at radius 2 is 1.87 bits per heavy atom. The second-order valence-corrected chi connectivity index (χ2v) is 8.86. The summed E-state index contributed by atoms with van der Waals surface area (Å²) < 4.78 is 39.3. The van der Waals surface area contributed by atoms with Crippen molar-refractivity contribution in [1.29, 1.82) is 0 Å². The van der Waals surface area contributed by atoms with Crippen LogP contribution in [0.5, 0.6) is 0 Å². The van der Waals surface area contributed by atoms with Crippen LogP contribution < -0.4 is 10.6 Å². The van der Waals surface area contributed by atoms with Crippen molar-refractivity contribution in [2.75, 3.05) is 16.4 Å². The molecule has 1 aliphatic carbocycles. The van der Waals surface area contributed by atoms with Crippen LogP contribution in [0.15, 0.2) is 18.2 Å². The van der Waals surface area contributed by atoms with Gasteiger partial charge in [0.05, 0.1) is 6.04 Å². The predicted octanol–water partition coefficient (Wildman–Crippen LogP) is 3.79. The highest BCUT2D eigenvalue weighted by Crippen LogP contribution is 2.34. The van der Waals surface area contributed by atoms with E-state index in [1.807, 2.05) is 6.92 Å². The molecule has 3 atom stereocenters. The molecule has 3 N–H and O–H groups in total. The Morgan fingerprint density at radius 1 is 1.10 bits per heavy atom. The van der Waals surface area contributed by atoms with Crippen molar-refractivity contribution in [3.8, 4) is 11.5 Å². The number of nitrogens with one attached hydrogen (secondary N) is 2. The van der Waals surface area contributed by atoms with Gasteiger partial charge in [-0.2, -0.15) is 28.1 Å². The van der Waals surface area contributed by atoms with E-state index in [1.54, 1.807) is 0 Å². The minimum absolute atomic E-state index is 0.0102. The monoisotopic (exact) mass is 440 g/mol. The van der Waals surface area contributed by atoms with Gasteiger partial charge in [-0.3, -0.25) is 0 Å². The van der Waals surface area contributed by atoms with Crippen LogP contribution in [-0.2, 0) is 6.18 Å². The molecule has 0 amide bonds. The summed E-state index contributed by atoms with van der Waals surface area (Å²) in [5, 5.41) is 16.6. The van der Waals surface area contributed by atoms with Gasteiger partial charge in [-0.1, -0.05) is 6.07 Å². The molecule has 1 aliphatic heterocycles. The highest BCUT2D eigenvalue weighted by atomic mass is 32.2. The number of thioether (sulfide) groups is 1. The fourth-order valence-corrected chi connectivity index (χ4v) is 4.34. The second-order valence-electron chi connectivity index (χ2n) is 7.64. The summed E-state index contributed by atoms with van der Waals surface area (Å²) in [6.45, 7) is 2.03. The number of rotatable bonds is 6. The van der Waals surface area contributed by atoms with E-state index in [-0.39, 0.29) is 35.5 Å². The van der Waals surface area contributed by atoms with Gasteiger partial charge < -0.3 is 15.7 Å². The molecular weight excluding hydrogens is 417 g/mol. The van der Waals surface area contributed by atoms with Crippen LogP contribution in [0, 0.1) is 5.92 Å². The molecule has 11 heteroatoms. The quantitative estimate of drug-likeness (QED) is 0.625. The molecule has 7 nitrogen and oxygen atoms in total. The van der Waals surface area contributed by atoms with Crippen LogP contribution in [-0.4, -0.2) is 48.3 Å². The van der Waals surface area contributed by atoms with Crippen molar-refractivity contribution >= 4 is 23.7 Å². The summed E-state index contributed by atoms with van der Waals surface area (Å²) in [5.74, 6) is 1.93. The molecule has 2 aliphatic rings. The van der Waals surface area contributed by atoms with Crippen molar-refractivity contribution < 1.29 is 18.3 Å². The van der Waals surface area contributed by atoms with E-state index < -0.39 is 17.3 Å². The summed E-state index contributed by atoms with van der Waals surface area (Å²) >= 11 is 1.45. The van der Waals surface area contributed by atoms with Crippen LogP contribution in [0.3, 0.4) is 0 Å². The Kier molecular flexibility index (Phi) is 6.01. The number of alkyl halides is 3. The van der Waals surface area contributed by atoms with Gasteiger partial charge in [0.25, 0.3) is 0 Å². The maximum Gasteiger partial charge on any atom is 0.433 e. The van der Waals surface area contributed by atoms with Crippen LogP contribution >= 0.6 is 11.8 Å². The molecule has 1 saturated heterocycles. The van der Waals surface area contributed by atoms with Crippen molar-refractivity contribution in [2.24, 2.45) is 5.92 Å². The van der Waals surface area contributed by atoms with E-state index in [9.17, 15) is 18.3 Å². The Hall–Kier alpha value is -2.14. The number of nitrogens with zero attached hydrogens (tertiary/aromatic N) is 4. The number of hydrogen-bond donors (Lipinski definition) is 3. The zero-order valence-corrected chi connectivity index (χ0v) is 17.2. The number of aliphatic hydroxyl groups is 1. The van der Waals surface area contributed by atoms with Gasteiger partial charge in [0, 0.05) is 6.04 Å². The van der Waals surface area contributed by atoms with Crippen molar-refractivity contribution in [2.45, 2.75) is 56.3 Å². The van der Waals surface area contributed by atoms with Gasteiger partial charge in [-0.15, -0.1) is 11.8 Å². The number of anilines is 2. The average Bonchev–Trinajstić information content (AvgIpc) is 3.54. The largest absolute Gasteiger partial charge is 0.433 e. The highest BCUT2D eigenvalue weighted by Gasteiger charge is 2.33. The summed E-state index contributed by atoms with van der Waals surface area (Å²) in [5.41, 5.74) is -1.60. The average molecular weight is 440 g/mol. The molecule has 2 aromatic heterocycles. The third-order valence-corrected chi connectivity index (χ3v) is 6.39. The summed E-state index contributed by atoms with van der Waals surface area (Å²) in [4.78, 5) is 16.7. The molecule has 0 spiro atoms. The molecule has 0 bridgehead atoms. The first kappa shape index (κ1) is 21.1. The van der Waals surface area contributed by atoms with E-state index in [0.29, 0.717) is 5.92 Å². The smallest absolute Gasteiger partial charge is 0.380 e. The van der Waals surface area contributed by atoms with Crippen molar-refractivity contribution in [1.82, 2.24) is 19.9 Å². The molecule has 2 aromatic rings. The SMILES string of the molecule is C[C@@H](Nc1nc(N[C@H]2CCCS[C@@H]2O)nc(-c2cccc(C(F)(F)F)n2)n1)C1CC1. The lowest BCUT2D eigenvalue weighted by atomic mass is 10.2. The van der Waals surface area contributed by atoms with E-state index >= 15 is 0 Å². The molecular formula is C19H23F3N6OS. The Balaban J connectivity index is 1.66. The van der Waals surface area contributed by atoms with E-state index in [1.165, 1.54) is 23.9 Å². The highest BCUT2D eigenvalue weighted by molar-refractivity contribution is 7.99. The van der Waals surface area contributed by atoms with E-state index in [2.05, 4.69) is 30.6 Å². The Bertz CT molecular complexity index is 895. The first-order valence-corrected chi connectivity index (χ1v) is 11.0. The Labute approximate surface area is 176 Å². The number of aromatic nitrogens is 4. The molecule has 2 fully saturated rings. The first-order valence-electron chi connectivity index (χ1n) is 9.93. The molecule has 3 heterocycles. The minimum Gasteiger partial charge on any atom is -0.380 e. The lowest BCUT2D eigenvalue weighted by molar-refractivity contribution is -0.141. The topological polar surface area (TPSA) is 95.9 Å². The normalized spacial score (nSPS) is 23.1. The molecule has 162 valence electrons. The zero-order chi connectivity index (χ0) is 21.3. The van der Waals surface area contributed by atoms with Crippen molar-refractivity contribution in [3.05, 3.63) is 23.9 Å². The van der Waals surface area contributed by atoms with Gasteiger partial charge in [-0.25, -0.2) is 4.98 Å². The molecule has 0 radical (unpaired) electrons. The van der Waals surface area contributed by atoms with Gasteiger partial charge >= 0.3 is 6.18 Å². The molecule has 30 heavy (non-hydrogen) atoms. The van der Waals surface area contributed by atoms with Gasteiger partial charge in [0.15, 0.2) is 5.82 Å². The first-order chi connectivity index (χ1) is 14.3. The van der Waals surface area contributed by atoms with Crippen LogP contribution in [0.2, 0.25) is 0 Å². The maximum absolute atomic E-state index is 13.1. The number of aliphatic hydroxyl groups excluding tert-OH is 1. The molecule has 0 aromatic carbocycles. The predicted molar refractivity (Wildman–Crippen MR) is 109 cm³/mol. The minimum atomic E-state index is -4.56. The van der Waals surface area contributed by atoms with E-state index in [0.717, 1.165) is 37.5 Å². The molecule has 0 unspecified atom stereocenters. The number of pyridine rings is 1. The van der Waals surface area contributed by atoms with Crippen LogP contribution in [0.25, 0.3) is 11.5 Å². The fourth-order valence-electron chi connectivity index (χ4n) is 3.33. The lowest BCUT2D eigenvalue weighted by Gasteiger charge is -2.28. The third-order valence-electron chi connectivity index (χ3n) is 5.20. The summed E-state index contributed by atoms with van der Waals surface area (Å²) in [6, 6.07) is 3.52. The van der Waals surface area contributed by atoms with Gasteiger partial charge in [0.1, 0.15) is 16.8 Å². The zero-order valence-electron chi connectivity index (χ0n) is 16.4. The third kappa shape index (κ3) is 5.12. The second kappa shape index (κ2) is 8.54. The molecule has 4 rings (SSSR count). The summed E-state index contributed by atoms with van der Waals surface area (Å²) in [6.07, 6.45) is -0.626. The number of hydrogen-bond acceptors (Lipinski definition) is 8. The van der Waals surface area contributed by atoms with Crippen LogP contribution in [0.4, 0.5) is 25.1 Å². The van der Waals surface area contributed by atoms with E-state index in [4.69, 9.17) is 0 Å². The molecule has 1 saturated carbocycles. The fraction of sp³-hybridized carbons (Fsp3) is 0.579. The van der Waals surface area contributed by atoms with Crippen molar-refractivity contribution in [3.63, 3.8) is 0 Å². The summed E-state index contributed by atoms with van der Waals surface area (Å²) in [7, 11) is 0. The van der Waals surface area contributed by atoms with Gasteiger partial charge in [-0.05, 0) is 56.4 Å².